The van der Waals surface area contributed by atoms with Crippen LogP contribution in [-0.4, -0.2) is 0 Å². The molecule has 0 fully saturated rings. The van der Waals surface area contributed by atoms with Crippen molar-refractivity contribution in [1.82, 2.24) is 0 Å². The van der Waals surface area contributed by atoms with E-state index in [1.807, 2.05) is 30.3 Å². The Hall–Kier alpha value is -0.450. The van der Waals surface area contributed by atoms with Gasteiger partial charge in [-0.15, -0.1) is 0 Å². The van der Waals surface area contributed by atoms with Gasteiger partial charge in [0.1, 0.15) is 11.5 Å². The van der Waals surface area contributed by atoms with Gasteiger partial charge in [0.05, 0.1) is 10.0 Å². The van der Waals surface area contributed by atoms with Crippen LogP contribution < -0.4 is 4.74 Å². The van der Waals surface area contributed by atoms with E-state index >= 15 is 0 Å². The SMILES string of the molecule is Clc1ccccc1Oc1ccc(I)cc1Cl. The Morgan fingerprint density at radius 2 is 1.56 bits per heavy atom. The molecule has 0 bridgehead atoms. The normalized spacial score (nSPS) is 10.2. The summed E-state index contributed by atoms with van der Waals surface area (Å²) in [5.74, 6) is 1.21. The molecule has 0 radical (unpaired) electrons. The van der Waals surface area contributed by atoms with Crippen LogP contribution in [0.2, 0.25) is 10.0 Å². The predicted octanol–water partition coefficient (Wildman–Crippen LogP) is 5.39. The van der Waals surface area contributed by atoms with E-state index in [-0.39, 0.29) is 0 Å². The quantitative estimate of drug-likeness (QED) is 0.649. The standard InChI is InChI=1S/C12H7Cl2IO/c13-9-3-1-2-4-11(9)16-12-6-5-8(15)7-10(12)14/h1-7H. The molecule has 0 amide bonds. The molecular formula is C12H7Cl2IO. The molecule has 0 saturated heterocycles. The summed E-state index contributed by atoms with van der Waals surface area (Å²) in [4.78, 5) is 0. The smallest absolute Gasteiger partial charge is 0.146 e. The fraction of sp³-hybridized carbons (Fsp3) is 0. The number of rotatable bonds is 2. The van der Waals surface area contributed by atoms with Gasteiger partial charge in [0.2, 0.25) is 0 Å². The van der Waals surface area contributed by atoms with Crippen molar-refractivity contribution in [1.29, 1.82) is 0 Å². The van der Waals surface area contributed by atoms with Crippen molar-refractivity contribution in [2.24, 2.45) is 0 Å². The largest absolute Gasteiger partial charge is 0.454 e. The minimum atomic E-state index is 0.567. The van der Waals surface area contributed by atoms with Crippen molar-refractivity contribution in [3.05, 3.63) is 56.1 Å². The minimum absolute atomic E-state index is 0.567. The summed E-state index contributed by atoms with van der Waals surface area (Å²) in [5, 5.41) is 1.14. The van der Waals surface area contributed by atoms with Crippen LogP contribution in [-0.2, 0) is 0 Å². The molecule has 2 aromatic rings. The van der Waals surface area contributed by atoms with Gasteiger partial charge in [-0.05, 0) is 52.9 Å². The van der Waals surface area contributed by atoms with E-state index in [0.717, 1.165) is 3.57 Å². The highest BCUT2D eigenvalue weighted by Crippen LogP contribution is 2.33. The Labute approximate surface area is 117 Å². The van der Waals surface area contributed by atoms with Gasteiger partial charge in [-0.3, -0.25) is 0 Å². The van der Waals surface area contributed by atoms with Crippen molar-refractivity contribution in [3.8, 4) is 11.5 Å². The van der Waals surface area contributed by atoms with E-state index in [0.29, 0.717) is 21.5 Å². The molecule has 0 atom stereocenters. The first-order valence-electron chi connectivity index (χ1n) is 4.54. The van der Waals surface area contributed by atoms with E-state index in [1.165, 1.54) is 0 Å². The van der Waals surface area contributed by atoms with Crippen molar-refractivity contribution < 1.29 is 4.74 Å². The lowest BCUT2D eigenvalue weighted by molar-refractivity contribution is 0.483. The van der Waals surface area contributed by atoms with Gasteiger partial charge in [0.25, 0.3) is 0 Å². The average molecular weight is 365 g/mol. The van der Waals surface area contributed by atoms with Crippen molar-refractivity contribution in [2.75, 3.05) is 0 Å². The number of halogens is 3. The van der Waals surface area contributed by atoms with E-state index in [4.69, 9.17) is 27.9 Å². The third-order valence-corrected chi connectivity index (χ3v) is 3.23. The van der Waals surface area contributed by atoms with Crippen molar-refractivity contribution >= 4 is 45.8 Å². The van der Waals surface area contributed by atoms with Crippen LogP contribution in [0.3, 0.4) is 0 Å². The number of hydrogen-bond donors (Lipinski definition) is 0. The zero-order valence-corrected chi connectivity index (χ0v) is 11.8. The maximum atomic E-state index is 6.06. The highest BCUT2D eigenvalue weighted by Gasteiger charge is 2.05. The van der Waals surface area contributed by atoms with Gasteiger partial charge in [0, 0.05) is 3.57 Å². The molecule has 16 heavy (non-hydrogen) atoms. The Kier molecular flexibility index (Phi) is 3.95. The van der Waals surface area contributed by atoms with Gasteiger partial charge in [-0.2, -0.15) is 0 Å². The highest BCUT2D eigenvalue weighted by molar-refractivity contribution is 14.1. The van der Waals surface area contributed by atoms with E-state index in [9.17, 15) is 0 Å². The third kappa shape index (κ3) is 2.81. The maximum Gasteiger partial charge on any atom is 0.146 e. The summed E-state index contributed by atoms with van der Waals surface area (Å²) in [6, 6.07) is 12.9. The summed E-state index contributed by atoms with van der Waals surface area (Å²) >= 11 is 14.2. The molecule has 0 aliphatic rings. The highest BCUT2D eigenvalue weighted by atomic mass is 127. The van der Waals surface area contributed by atoms with E-state index in [2.05, 4.69) is 22.6 Å². The van der Waals surface area contributed by atoms with Gasteiger partial charge >= 0.3 is 0 Å². The van der Waals surface area contributed by atoms with Gasteiger partial charge in [0.15, 0.2) is 0 Å². The molecule has 0 unspecified atom stereocenters. The van der Waals surface area contributed by atoms with Crippen molar-refractivity contribution in [3.63, 3.8) is 0 Å². The van der Waals surface area contributed by atoms with E-state index in [1.54, 1.807) is 12.1 Å². The second-order valence-electron chi connectivity index (χ2n) is 3.11. The molecule has 0 N–H and O–H groups in total. The topological polar surface area (TPSA) is 9.23 Å². The molecule has 2 aromatic carbocycles. The molecule has 0 aliphatic carbocycles. The summed E-state index contributed by atoms with van der Waals surface area (Å²) in [6.45, 7) is 0. The Bertz CT molecular complexity index is 514. The number of benzene rings is 2. The first kappa shape index (κ1) is 12.0. The van der Waals surface area contributed by atoms with Crippen molar-refractivity contribution in [2.45, 2.75) is 0 Å². The fourth-order valence-corrected chi connectivity index (χ4v) is 2.27. The van der Waals surface area contributed by atoms with Crippen LogP contribution in [0.5, 0.6) is 11.5 Å². The Morgan fingerprint density at radius 3 is 2.25 bits per heavy atom. The monoisotopic (exact) mass is 364 g/mol. The molecule has 0 heterocycles. The van der Waals surface area contributed by atoms with Gasteiger partial charge in [-0.1, -0.05) is 35.3 Å². The Balaban J connectivity index is 2.31. The maximum absolute atomic E-state index is 6.06. The number of hydrogen-bond acceptors (Lipinski definition) is 1. The first-order chi connectivity index (χ1) is 7.66. The lowest BCUT2D eigenvalue weighted by Gasteiger charge is -2.08. The molecule has 2 rings (SSSR count). The molecule has 1 nitrogen and oxygen atoms in total. The average Bonchev–Trinajstić information content (AvgIpc) is 2.25. The summed E-state index contributed by atoms with van der Waals surface area (Å²) in [6.07, 6.45) is 0. The lowest BCUT2D eigenvalue weighted by atomic mass is 10.3. The molecule has 0 aliphatic heterocycles. The first-order valence-corrected chi connectivity index (χ1v) is 6.38. The summed E-state index contributed by atoms with van der Waals surface area (Å²) < 4.78 is 6.69. The third-order valence-electron chi connectivity index (χ3n) is 1.95. The summed E-state index contributed by atoms with van der Waals surface area (Å²) in [5.41, 5.74) is 0. The fourth-order valence-electron chi connectivity index (χ4n) is 1.20. The molecule has 82 valence electrons. The van der Waals surface area contributed by atoms with Crippen LogP contribution >= 0.6 is 45.8 Å². The van der Waals surface area contributed by atoms with Gasteiger partial charge in [-0.25, -0.2) is 0 Å². The van der Waals surface area contributed by atoms with E-state index < -0.39 is 0 Å². The lowest BCUT2D eigenvalue weighted by Crippen LogP contribution is -1.86. The summed E-state index contributed by atoms with van der Waals surface area (Å²) in [7, 11) is 0. The molecule has 0 saturated carbocycles. The Morgan fingerprint density at radius 1 is 0.875 bits per heavy atom. The van der Waals surface area contributed by atoms with Crippen LogP contribution in [0.4, 0.5) is 0 Å². The zero-order chi connectivity index (χ0) is 11.5. The van der Waals surface area contributed by atoms with Crippen LogP contribution in [0.1, 0.15) is 0 Å². The predicted molar refractivity (Wildman–Crippen MR) is 75.7 cm³/mol. The molecular weight excluding hydrogens is 358 g/mol. The number of para-hydroxylation sites is 1. The molecule has 0 aromatic heterocycles. The molecule has 0 spiro atoms. The number of ether oxygens (including phenoxy) is 1. The van der Waals surface area contributed by atoms with Crippen LogP contribution in [0.25, 0.3) is 0 Å². The zero-order valence-electron chi connectivity index (χ0n) is 8.08. The second kappa shape index (κ2) is 5.25. The second-order valence-corrected chi connectivity index (χ2v) is 5.17. The minimum Gasteiger partial charge on any atom is -0.454 e. The van der Waals surface area contributed by atoms with Crippen LogP contribution in [0.15, 0.2) is 42.5 Å². The molecule has 4 heteroatoms. The van der Waals surface area contributed by atoms with Gasteiger partial charge < -0.3 is 4.74 Å². The van der Waals surface area contributed by atoms with Crippen LogP contribution in [0, 0.1) is 3.57 Å².